The molecule has 0 aliphatic carbocycles. The molecule has 0 spiro atoms. The molecular weight excluding hydrogens is 424 g/mol. The number of phenols is 1. The zero-order valence-electron chi connectivity index (χ0n) is 21.7. The van der Waals surface area contributed by atoms with Gasteiger partial charge in [-0.05, 0) is 34.9 Å². The van der Waals surface area contributed by atoms with Crippen molar-refractivity contribution in [3.8, 4) is 5.75 Å². The molecule has 1 aliphatic rings. The molecule has 0 radical (unpaired) electrons. The Hall–Kier alpha value is -2.66. The predicted molar refractivity (Wildman–Crippen MR) is 138 cm³/mol. The number of carbonyl (C=O) groups excluding carboxylic acids is 1. The molecule has 1 fully saturated rings. The van der Waals surface area contributed by atoms with Gasteiger partial charge < -0.3 is 14.7 Å². The van der Waals surface area contributed by atoms with Gasteiger partial charge in [0.1, 0.15) is 11.6 Å². The van der Waals surface area contributed by atoms with Crippen LogP contribution in [0.4, 0.5) is 0 Å². The number of Topliss-reactive ketones (excluding diaryl/α,β-unsaturated/α-hetero) is 1. The third-order valence-electron chi connectivity index (χ3n) is 6.78. The van der Waals surface area contributed by atoms with Crippen LogP contribution in [0.1, 0.15) is 68.6 Å². The highest BCUT2D eigenvalue weighted by Gasteiger charge is 2.38. The highest BCUT2D eigenvalue weighted by Crippen LogP contribution is 2.40. The SMILES string of the molecule is COC[C@H]1CN(CC(=O)c2cc(C(C)(C)C)c(O)c(C(C)(C)C)c2)C(=N)[C@@H]1Cc1ccccc1. The maximum Gasteiger partial charge on any atom is 0.182 e. The number of nitrogens with zero attached hydrogens (tertiary/aromatic N) is 1. The van der Waals surface area contributed by atoms with E-state index in [2.05, 4.69) is 12.1 Å². The molecule has 0 amide bonds. The highest BCUT2D eigenvalue weighted by molar-refractivity contribution is 6.01. The molecule has 2 aromatic carbocycles. The molecule has 3 rings (SSSR count). The topological polar surface area (TPSA) is 73.6 Å². The van der Waals surface area contributed by atoms with Crippen LogP contribution in [-0.2, 0) is 22.0 Å². The van der Waals surface area contributed by atoms with E-state index in [1.807, 2.05) is 76.8 Å². The van der Waals surface area contributed by atoms with Gasteiger partial charge in [0.25, 0.3) is 0 Å². The number of ether oxygens (including phenoxy) is 1. The van der Waals surface area contributed by atoms with Crippen LogP contribution in [0.5, 0.6) is 5.75 Å². The lowest BCUT2D eigenvalue weighted by atomic mass is 9.78. The molecule has 1 saturated heterocycles. The molecule has 0 bridgehead atoms. The summed E-state index contributed by atoms with van der Waals surface area (Å²) in [6.07, 6.45) is 0.764. The maximum absolute atomic E-state index is 13.5. The number of benzene rings is 2. The van der Waals surface area contributed by atoms with Crippen molar-refractivity contribution in [3.63, 3.8) is 0 Å². The fourth-order valence-electron chi connectivity index (χ4n) is 4.83. The Morgan fingerprint density at radius 1 is 1.06 bits per heavy atom. The van der Waals surface area contributed by atoms with Crippen LogP contribution >= 0.6 is 0 Å². The average Bonchev–Trinajstić information content (AvgIpc) is 3.02. The minimum atomic E-state index is -0.301. The smallest absolute Gasteiger partial charge is 0.182 e. The quantitative estimate of drug-likeness (QED) is 0.524. The molecule has 2 N–H and O–H groups in total. The van der Waals surface area contributed by atoms with Gasteiger partial charge in [-0.2, -0.15) is 0 Å². The minimum Gasteiger partial charge on any atom is -0.507 e. The van der Waals surface area contributed by atoms with Crippen molar-refractivity contribution < 1.29 is 14.6 Å². The minimum absolute atomic E-state index is 0.0187. The Labute approximate surface area is 204 Å². The number of nitrogens with one attached hydrogen (secondary N) is 1. The van der Waals surface area contributed by atoms with E-state index in [0.717, 1.165) is 17.5 Å². The van der Waals surface area contributed by atoms with Crippen LogP contribution in [0.2, 0.25) is 0 Å². The number of ketones is 1. The number of methoxy groups -OCH3 is 1. The second kappa shape index (κ2) is 9.91. The van der Waals surface area contributed by atoms with Crippen molar-refractivity contribution in [1.82, 2.24) is 4.90 Å². The van der Waals surface area contributed by atoms with Crippen molar-refractivity contribution >= 4 is 11.6 Å². The third kappa shape index (κ3) is 5.69. The second-order valence-corrected chi connectivity index (χ2v) is 11.6. The van der Waals surface area contributed by atoms with Crippen molar-refractivity contribution in [2.45, 2.75) is 58.8 Å². The first-order chi connectivity index (χ1) is 15.8. The number of carbonyl (C=O) groups is 1. The van der Waals surface area contributed by atoms with Gasteiger partial charge >= 0.3 is 0 Å². The summed E-state index contributed by atoms with van der Waals surface area (Å²) in [5.41, 5.74) is 2.73. The highest BCUT2D eigenvalue weighted by atomic mass is 16.5. The summed E-state index contributed by atoms with van der Waals surface area (Å²) in [6.45, 7) is 13.6. The Bertz CT molecular complexity index is 997. The number of amidine groups is 1. The van der Waals surface area contributed by atoms with Gasteiger partial charge in [0.2, 0.25) is 0 Å². The van der Waals surface area contributed by atoms with E-state index in [0.29, 0.717) is 24.6 Å². The average molecular weight is 465 g/mol. The van der Waals surface area contributed by atoms with Gasteiger partial charge in [-0.15, -0.1) is 0 Å². The summed E-state index contributed by atoms with van der Waals surface area (Å²) in [5, 5.41) is 19.9. The first-order valence-electron chi connectivity index (χ1n) is 12.1. The number of hydrogen-bond donors (Lipinski definition) is 2. The molecule has 2 aromatic rings. The van der Waals surface area contributed by atoms with Gasteiger partial charge in [-0.1, -0.05) is 71.9 Å². The normalized spacial score (nSPS) is 19.0. The molecule has 34 heavy (non-hydrogen) atoms. The Morgan fingerprint density at radius 2 is 1.62 bits per heavy atom. The largest absolute Gasteiger partial charge is 0.507 e. The number of likely N-dealkylation sites (tertiary alicyclic amines) is 1. The van der Waals surface area contributed by atoms with Crippen LogP contribution < -0.4 is 0 Å². The van der Waals surface area contributed by atoms with Crippen LogP contribution in [-0.4, -0.2) is 48.4 Å². The molecule has 5 nitrogen and oxygen atoms in total. The van der Waals surface area contributed by atoms with Gasteiger partial charge in [0, 0.05) is 42.2 Å². The van der Waals surface area contributed by atoms with Crippen molar-refractivity contribution in [2.24, 2.45) is 11.8 Å². The lowest BCUT2D eigenvalue weighted by molar-refractivity contribution is 0.0953. The van der Waals surface area contributed by atoms with E-state index < -0.39 is 0 Å². The summed E-state index contributed by atoms with van der Waals surface area (Å²) < 4.78 is 5.46. The molecule has 1 heterocycles. The van der Waals surface area contributed by atoms with Crippen LogP contribution in [0, 0.1) is 17.2 Å². The summed E-state index contributed by atoms with van der Waals surface area (Å²) in [4.78, 5) is 15.4. The lowest BCUT2D eigenvalue weighted by Crippen LogP contribution is -2.33. The molecule has 0 aromatic heterocycles. The van der Waals surface area contributed by atoms with Crippen LogP contribution in [0.15, 0.2) is 42.5 Å². The first-order valence-corrected chi connectivity index (χ1v) is 12.1. The predicted octanol–water partition coefficient (Wildman–Crippen LogP) is 5.58. The standard InChI is InChI=1S/C29H40N2O3/c1-28(2,3)23-14-20(15-24(26(23)33)29(4,5)6)25(32)17-31-16-21(18-34-7)22(27(31)30)13-19-11-9-8-10-12-19/h8-12,14-15,21-22,30,33H,13,16-18H2,1-7H3/t21-,22-/m1/s1. The van der Waals surface area contributed by atoms with Crippen molar-refractivity contribution in [2.75, 3.05) is 26.8 Å². The summed E-state index contributed by atoms with van der Waals surface area (Å²) in [6, 6.07) is 13.9. The van der Waals surface area contributed by atoms with E-state index in [1.165, 1.54) is 5.56 Å². The third-order valence-corrected chi connectivity index (χ3v) is 6.78. The van der Waals surface area contributed by atoms with E-state index in [4.69, 9.17) is 10.1 Å². The lowest BCUT2D eigenvalue weighted by Gasteiger charge is -2.28. The Morgan fingerprint density at radius 3 is 2.12 bits per heavy atom. The zero-order valence-corrected chi connectivity index (χ0v) is 21.7. The van der Waals surface area contributed by atoms with Crippen LogP contribution in [0.25, 0.3) is 0 Å². The first kappa shape index (κ1) is 26.0. The molecule has 1 aliphatic heterocycles. The summed E-state index contributed by atoms with van der Waals surface area (Å²) >= 11 is 0. The van der Waals surface area contributed by atoms with Crippen LogP contribution in [0.3, 0.4) is 0 Å². The molecule has 2 atom stereocenters. The van der Waals surface area contributed by atoms with Gasteiger partial charge in [0.15, 0.2) is 5.78 Å². The second-order valence-electron chi connectivity index (χ2n) is 11.6. The molecule has 5 heteroatoms. The maximum atomic E-state index is 13.5. The van der Waals surface area contributed by atoms with E-state index in [9.17, 15) is 9.90 Å². The molecule has 184 valence electrons. The van der Waals surface area contributed by atoms with Crippen molar-refractivity contribution in [1.29, 1.82) is 5.41 Å². The summed E-state index contributed by atoms with van der Waals surface area (Å²) in [7, 11) is 1.69. The molecule has 0 saturated carbocycles. The molecule has 0 unspecified atom stereocenters. The van der Waals surface area contributed by atoms with E-state index in [-0.39, 0.29) is 40.7 Å². The number of aromatic hydroxyl groups is 1. The van der Waals surface area contributed by atoms with Gasteiger partial charge in [-0.25, -0.2) is 0 Å². The number of phenolic OH excluding ortho intramolecular Hbond substituents is 1. The van der Waals surface area contributed by atoms with Gasteiger partial charge in [-0.3, -0.25) is 10.2 Å². The van der Waals surface area contributed by atoms with E-state index >= 15 is 0 Å². The van der Waals surface area contributed by atoms with E-state index in [1.54, 1.807) is 7.11 Å². The molecular formula is C29H40N2O3. The Kier molecular flexibility index (Phi) is 7.56. The fraction of sp³-hybridized carbons (Fsp3) is 0.517. The van der Waals surface area contributed by atoms with Crippen molar-refractivity contribution in [3.05, 3.63) is 64.7 Å². The summed E-state index contributed by atoms with van der Waals surface area (Å²) in [5.74, 6) is 0.932. The number of rotatable bonds is 7. The monoisotopic (exact) mass is 464 g/mol. The van der Waals surface area contributed by atoms with Gasteiger partial charge in [0.05, 0.1) is 13.2 Å². The Balaban J connectivity index is 1.88. The number of hydrogen-bond acceptors (Lipinski definition) is 4. The zero-order chi connectivity index (χ0) is 25.3. The fourth-order valence-corrected chi connectivity index (χ4v) is 4.83.